The number of benzene rings is 1. The third-order valence-corrected chi connectivity index (χ3v) is 4.55. The third kappa shape index (κ3) is 4.46. The van der Waals surface area contributed by atoms with Gasteiger partial charge in [-0.05, 0) is 65.6 Å². The lowest BCUT2D eigenvalue weighted by molar-refractivity contribution is -0.124. The van der Waals surface area contributed by atoms with Gasteiger partial charge in [0.05, 0.1) is 0 Å². The van der Waals surface area contributed by atoms with Crippen LogP contribution in [0.2, 0.25) is 0 Å². The standard InChI is InChI=1S/C17H20IN3O3/c1-10(2)15(17-20-16(21-24-17)11-3-4-11)19-14(22)9-23-13-7-5-12(18)6-8-13/h5-8,10-11,15H,3-4,9H2,1-2H3,(H,19,22). The molecule has 1 N–H and O–H groups in total. The van der Waals surface area contributed by atoms with Gasteiger partial charge in [-0.2, -0.15) is 4.98 Å². The van der Waals surface area contributed by atoms with E-state index in [1.807, 2.05) is 38.1 Å². The van der Waals surface area contributed by atoms with Crippen molar-refractivity contribution in [1.29, 1.82) is 0 Å². The van der Waals surface area contributed by atoms with Gasteiger partial charge in [-0.15, -0.1) is 0 Å². The fraction of sp³-hybridized carbons (Fsp3) is 0.471. The number of carbonyl (C=O) groups is 1. The summed E-state index contributed by atoms with van der Waals surface area (Å²) in [4.78, 5) is 16.6. The minimum atomic E-state index is -0.308. The number of ether oxygens (including phenoxy) is 1. The number of nitrogens with zero attached hydrogens (tertiary/aromatic N) is 2. The summed E-state index contributed by atoms with van der Waals surface area (Å²) in [5.74, 6) is 2.24. The van der Waals surface area contributed by atoms with Crippen molar-refractivity contribution in [2.45, 2.75) is 38.6 Å². The number of aromatic nitrogens is 2. The third-order valence-electron chi connectivity index (χ3n) is 3.83. The Hall–Kier alpha value is -1.64. The van der Waals surface area contributed by atoms with Crippen molar-refractivity contribution >= 4 is 28.5 Å². The van der Waals surface area contributed by atoms with E-state index < -0.39 is 0 Å². The fourth-order valence-corrected chi connectivity index (χ4v) is 2.65. The Morgan fingerprint density at radius 3 is 2.71 bits per heavy atom. The second kappa shape index (κ2) is 7.50. The number of hydrogen-bond acceptors (Lipinski definition) is 5. The highest BCUT2D eigenvalue weighted by atomic mass is 127. The molecule has 1 unspecified atom stereocenters. The highest BCUT2D eigenvalue weighted by Gasteiger charge is 2.31. The summed E-state index contributed by atoms with van der Waals surface area (Å²) < 4.78 is 12.0. The molecule has 0 bridgehead atoms. The van der Waals surface area contributed by atoms with Gasteiger partial charge in [0.2, 0.25) is 5.89 Å². The van der Waals surface area contributed by atoms with E-state index >= 15 is 0 Å². The van der Waals surface area contributed by atoms with Gasteiger partial charge in [0, 0.05) is 9.49 Å². The van der Waals surface area contributed by atoms with Gasteiger partial charge in [-0.1, -0.05) is 19.0 Å². The maximum absolute atomic E-state index is 12.2. The van der Waals surface area contributed by atoms with Crippen LogP contribution >= 0.6 is 22.6 Å². The Morgan fingerprint density at radius 1 is 1.38 bits per heavy atom. The average molecular weight is 441 g/mol. The summed E-state index contributed by atoms with van der Waals surface area (Å²) in [6, 6.07) is 7.24. The molecule has 0 radical (unpaired) electrons. The van der Waals surface area contributed by atoms with Crippen LogP contribution in [0, 0.1) is 9.49 Å². The number of nitrogens with one attached hydrogen (secondary N) is 1. The van der Waals surface area contributed by atoms with Crippen LogP contribution in [0.25, 0.3) is 0 Å². The van der Waals surface area contributed by atoms with E-state index in [0.717, 1.165) is 22.2 Å². The van der Waals surface area contributed by atoms with Gasteiger partial charge in [0.25, 0.3) is 5.91 Å². The van der Waals surface area contributed by atoms with Crippen molar-refractivity contribution in [2.75, 3.05) is 6.61 Å². The molecule has 0 aliphatic heterocycles. The number of halogens is 1. The number of rotatable bonds is 7. The van der Waals surface area contributed by atoms with Crippen LogP contribution in [-0.2, 0) is 4.79 Å². The molecule has 24 heavy (non-hydrogen) atoms. The molecule has 1 aliphatic carbocycles. The minimum absolute atomic E-state index is 0.0482. The molecule has 0 spiro atoms. The zero-order valence-electron chi connectivity index (χ0n) is 13.7. The molecule has 1 saturated carbocycles. The molecule has 7 heteroatoms. The zero-order chi connectivity index (χ0) is 17.1. The fourth-order valence-electron chi connectivity index (χ4n) is 2.29. The first-order valence-corrected chi connectivity index (χ1v) is 9.12. The monoisotopic (exact) mass is 441 g/mol. The Kier molecular flexibility index (Phi) is 5.37. The van der Waals surface area contributed by atoms with Crippen molar-refractivity contribution in [2.24, 2.45) is 5.92 Å². The maximum atomic E-state index is 12.2. The molecule has 3 rings (SSSR count). The van der Waals surface area contributed by atoms with E-state index in [1.165, 1.54) is 0 Å². The molecule has 1 amide bonds. The number of hydrogen-bond donors (Lipinski definition) is 1. The number of amides is 1. The van der Waals surface area contributed by atoms with Crippen LogP contribution in [0.5, 0.6) is 5.75 Å². The molecule has 1 aromatic carbocycles. The lowest BCUT2D eigenvalue weighted by Crippen LogP contribution is -2.35. The van der Waals surface area contributed by atoms with Crippen LogP contribution in [-0.4, -0.2) is 22.7 Å². The number of carbonyl (C=O) groups excluding carboxylic acids is 1. The predicted molar refractivity (Wildman–Crippen MR) is 96.6 cm³/mol. The average Bonchev–Trinajstić information content (AvgIpc) is 3.30. The van der Waals surface area contributed by atoms with Gasteiger partial charge < -0.3 is 14.6 Å². The summed E-state index contributed by atoms with van der Waals surface area (Å²) >= 11 is 2.22. The van der Waals surface area contributed by atoms with E-state index in [9.17, 15) is 4.79 Å². The Labute approximate surface area is 154 Å². The van der Waals surface area contributed by atoms with E-state index in [4.69, 9.17) is 9.26 Å². The molecule has 1 heterocycles. The van der Waals surface area contributed by atoms with Gasteiger partial charge in [-0.3, -0.25) is 4.79 Å². The Bertz CT molecular complexity index is 695. The van der Waals surface area contributed by atoms with Crippen LogP contribution in [0.3, 0.4) is 0 Å². The van der Waals surface area contributed by atoms with Gasteiger partial charge in [0.1, 0.15) is 11.8 Å². The van der Waals surface area contributed by atoms with Gasteiger partial charge >= 0.3 is 0 Å². The van der Waals surface area contributed by atoms with Crippen LogP contribution in [0.1, 0.15) is 50.4 Å². The topological polar surface area (TPSA) is 77.2 Å². The summed E-state index contributed by atoms with van der Waals surface area (Å²) in [5.41, 5.74) is 0. The zero-order valence-corrected chi connectivity index (χ0v) is 15.8. The summed E-state index contributed by atoms with van der Waals surface area (Å²) in [6.45, 7) is 3.96. The SMILES string of the molecule is CC(C)C(NC(=O)COc1ccc(I)cc1)c1nc(C2CC2)no1. The van der Waals surface area contributed by atoms with Crippen molar-refractivity contribution in [3.05, 3.63) is 39.6 Å². The first-order chi connectivity index (χ1) is 11.5. The molecule has 6 nitrogen and oxygen atoms in total. The molecule has 1 fully saturated rings. The first-order valence-electron chi connectivity index (χ1n) is 8.04. The highest BCUT2D eigenvalue weighted by Crippen LogP contribution is 2.38. The Morgan fingerprint density at radius 2 is 2.08 bits per heavy atom. The van der Waals surface area contributed by atoms with Crippen molar-refractivity contribution in [3.63, 3.8) is 0 Å². The minimum Gasteiger partial charge on any atom is -0.484 e. The van der Waals surface area contributed by atoms with Crippen LogP contribution in [0.4, 0.5) is 0 Å². The molecule has 0 saturated heterocycles. The summed E-state index contributed by atoms with van der Waals surface area (Å²) in [5, 5.41) is 6.95. The largest absolute Gasteiger partial charge is 0.484 e. The summed E-state index contributed by atoms with van der Waals surface area (Å²) in [6.07, 6.45) is 2.23. The lowest BCUT2D eigenvalue weighted by atomic mass is 10.0. The normalized spacial score (nSPS) is 15.3. The van der Waals surface area contributed by atoms with Gasteiger partial charge in [0.15, 0.2) is 12.4 Å². The molecular weight excluding hydrogens is 421 g/mol. The first kappa shape index (κ1) is 17.2. The predicted octanol–water partition coefficient (Wildman–Crippen LogP) is 3.44. The van der Waals surface area contributed by atoms with Crippen molar-refractivity contribution < 1.29 is 14.1 Å². The lowest BCUT2D eigenvalue weighted by Gasteiger charge is -2.18. The second-order valence-corrected chi connectivity index (χ2v) is 7.54. The van der Waals surface area contributed by atoms with Crippen molar-refractivity contribution in [3.8, 4) is 5.75 Å². The quantitative estimate of drug-likeness (QED) is 0.667. The van der Waals surface area contributed by atoms with E-state index in [0.29, 0.717) is 17.6 Å². The smallest absolute Gasteiger partial charge is 0.258 e. The van der Waals surface area contributed by atoms with Crippen LogP contribution in [0.15, 0.2) is 28.8 Å². The van der Waals surface area contributed by atoms with E-state index in [2.05, 4.69) is 38.0 Å². The summed E-state index contributed by atoms with van der Waals surface area (Å²) in [7, 11) is 0. The molecular formula is C17H20IN3O3. The maximum Gasteiger partial charge on any atom is 0.258 e. The molecule has 1 aliphatic rings. The Balaban J connectivity index is 1.57. The van der Waals surface area contributed by atoms with Gasteiger partial charge in [-0.25, -0.2) is 0 Å². The molecule has 128 valence electrons. The second-order valence-electron chi connectivity index (χ2n) is 6.30. The molecule has 2 aromatic rings. The van der Waals surface area contributed by atoms with Crippen molar-refractivity contribution in [1.82, 2.24) is 15.5 Å². The van der Waals surface area contributed by atoms with E-state index in [1.54, 1.807) is 0 Å². The highest BCUT2D eigenvalue weighted by molar-refractivity contribution is 14.1. The van der Waals surface area contributed by atoms with Crippen LogP contribution < -0.4 is 10.1 Å². The molecule has 1 atom stereocenters. The molecule has 1 aromatic heterocycles. The van der Waals surface area contributed by atoms with E-state index in [-0.39, 0.29) is 24.5 Å².